The summed E-state index contributed by atoms with van der Waals surface area (Å²) in [4.78, 5) is 10.9. The number of nitrogens with zero attached hydrogens (tertiary/aromatic N) is 2. The van der Waals surface area contributed by atoms with Gasteiger partial charge in [0.05, 0.1) is 15.4 Å². The first kappa shape index (κ1) is 19.1. The lowest BCUT2D eigenvalue weighted by molar-refractivity contribution is -0.384. The van der Waals surface area contributed by atoms with Crippen molar-refractivity contribution in [3.8, 4) is 0 Å². The topological polar surface area (TPSA) is 102 Å². The molecule has 1 aromatic rings. The number of rotatable bonds is 7. The number of sulfonamides is 1. The molecular formula is C17H25N3O5S. The van der Waals surface area contributed by atoms with Crippen LogP contribution in [0.15, 0.2) is 23.1 Å². The molecule has 0 amide bonds. The number of nitrogens with one attached hydrogen (secondary N) is 1. The summed E-state index contributed by atoms with van der Waals surface area (Å²) in [6, 6.07) is 4.09. The van der Waals surface area contributed by atoms with Crippen molar-refractivity contribution < 1.29 is 18.1 Å². The van der Waals surface area contributed by atoms with Crippen LogP contribution in [0.3, 0.4) is 0 Å². The van der Waals surface area contributed by atoms with E-state index in [9.17, 15) is 18.5 Å². The zero-order chi connectivity index (χ0) is 18.8. The number of hydrogen-bond donors (Lipinski definition) is 1. The molecule has 0 spiro atoms. The molecule has 3 rings (SSSR count). The fourth-order valence-corrected chi connectivity index (χ4v) is 5.04. The summed E-state index contributed by atoms with van der Waals surface area (Å²) < 4.78 is 32.4. The van der Waals surface area contributed by atoms with Crippen molar-refractivity contribution >= 4 is 21.4 Å². The van der Waals surface area contributed by atoms with Gasteiger partial charge in [0, 0.05) is 32.8 Å². The summed E-state index contributed by atoms with van der Waals surface area (Å²) in [5, 5.41) is 14.6. The zero-order valence-corrected chi connectivity index (χ0v) is 15.8. The first-order chi connectivity index (χ1) is 12.4. The summed E-state index contributed by atoms with van der Waals surface area (Å²) >= 11 is 0. The van der Waals surface area contributed by atoms with E-state index in [0.717, 1.165) is 44.6 Å². The molecule has 1 aliphatic carbocycles. The van der Waals surface area contributed by atoms with Gasteiger partial charge in [-0.25, -0.2) is 8.42 Å². The van der Waals surface area contributed by atoms with Gasteiger partial charge in [-0.3, -0.25) is 10.1 Å². The van der Waals surface area contributed by atoms with Crippen molar-refractivity contribution in [1.29, 1.82) is 0 Å². The third-order valence-electron chi connectivity index (χ3n) is 5.42. The second-order valence-electron chi connectivity index (χ2n) is 7.00. The van der Waals surface area contributed by atoms with Crippen molar-refractivity contribution in [2.45, 2.75) is 49.0 Å². The Balaban J connectivity index is 1.83. The molecule has 2 fully saturated rings. The van der Waals surface area contributed by atoms with Crippen LogP contribution >= 0.6 is 0 Å². The number of hydrogen-bond acceptors (Lipinski definition) is 6. The molecule has 1 aliphatic heterocycles. The van der Waals surface area contributed by atoms with Crippen LogP contribution in [-0.2, 0) is 14.8 Å². The summed E-state index contributed by atoms with van der Waals surface area (Å²) in [7, 11) is -2.06. The molecule has 26 heavy (non-hydrogen) atoms. The normalized spacial score (nSPS) is 20.3. The minimum Gasteiger partial charge on any atom is -0.377 e. The molecular weight excluding hydrogens is 358 g/mol. The van der Waals surface area contributed by atoms with Crippen molar-refractivity contribution in [3.63, 3.8) is 0 Å². The summed E-state index contributed by atoms with van der Waals surface area (Å²) in [5.41, 5.74) is -0.198. The van der Waals surface area contributed by atoms with E-state index in [1.54, 1.807) is 7.11 Å². The molecule has 8 nitrogen and oxygen atoms in total. The summed E-state index contributed by atoms with van der Waals surface area (Å²) in [6.07, 6.45) is 5.54. The fourth-order valence-electron chi connectivity index (χ4n) is 3.51. The van der Waals surface area contributed by atoms with Crippen LogP contribution in [0.1, 0.15) is 38.5 Å². The maximum atomic E-state index is 12.8. The van der Waals surface area contributed by atoms with Crippen LogP contribution in [0.4, 0.5) is 11.4 Å². The molecule has 2 aliphatic rings. The lowest BCUT2D eigenvalue weighted by Gasteiger charge is -2.40. The minimum absolute atomic E-state index is 0.0262. The minimum atomic E-state index is -3.70. The second kappa shape index (κ2) is 7.50. The van der Waals surface area contributed by atoms with E-state index < -0.39 is 14.9 Å². The fraction of sp³-hybridized carbons (Fsp3) is 0.647. The first-order valence-electron chi connectivity index (χ1n) is 8.96. The molecule has 1 N–H and O–H groups in total. The number of ether oxygens (including phenoxy) is 1. The molecule has 1 heterocycles. The highest BCUT2D eigenvalue weighted by molar-refractivity contribution is 7.89. The van der Waals surface area contributed by atoms with E-state index in [1.807, 2.05) is 0 Å². The van der Waals surface area contributed by atoms with E-state index in [2.05, 4.69) is 5.32 Å². The SMILES string of the molecule is COC1(CNc2ccc(S(=O)(=O)N3CCCCC3)cc2[N+](=O)[O-])CCC1. The number of benzene rings is 1. The Morgan fingerprint density at radius 2 is 1.92 bits per heavy atom. The highest BCUT2D eigenvalue weighted by Gasteiger charge is 2.37. The Labute approximate surface area is 153 Å². The number of anilines is 1. The standard InChI is InChI=1S/C17H25N3O5S/c1-25-17(8-5-9-17)13-18-15-7-6-14(12-16(15)20(21)22)26(23,24)19-10-3-2-4-11-19/h6-7,12,18H,2-5,8-11,13H2,1H3. The van der Waals surface area contributed by atoms with Gasteiger partial charge in [-0.05, 0) is 44.2 Å². The lowest BCUT2D eigenvalue weighted by atomic mass is 9.80. The molecule has 144 valence electrons. The van der Waals surface area contributed by atoms with Gasteiger partial charge in [-0.15, -0.1) is 0 Å². The predicted octanol–water partition coefficient (Wildman–Crippen LogP) is 2.75. The van der Waals surface area contributed by atoms with Gasteiger partial charge in [-0.2, -0.15) is 4.31 Å². The van der Waals surface area contributed by atoms with Crippen LogP contribution in [0, 0.1) is 10.1 Å². The quantitative estimate of drug-likeness (QED) is 0.574. The van der Waals surface area contributed by atoms with Crippen LogP contribution in [0.2, 0.25) is 0 Å². The van der Waals surface area contributed by atoms with E-state index in [4.69, 9.17) is 4.74 Å². The molecule has 0 bridgehead atoms. The van der Waals surface area contributed by atoms with Gasteiger partial charge in [-0.1, -0.05) is 6.42 Å². The largest absolute Gasteiger partial charge is 0.377 e. The maximum absolute atomic E-state index is 12.8. The van der Waals surface area contributed by atoms with Gasteiger partial charge in [0.15, 0.2) is 0 Å². The Morgan fingerprint density at radius 3 is 2.46 bits per heavy atom. The van der Waals surface area contributed by atoms with Crippen molar-refractivity contribution in [2.75, 3.05) is 32.1 Å². The van der Waals surface area contributed by atoms with Crippen LogP contribution < -0.4 is 5.32 Å². The number of nitro groups is 1. The molecule has 1 saturated heterocycles. The monoisotopic (exact) mass is 383 g/mol. The van der Waals surface area contributed by atoms with E-state index in [-0.39, 0.29) is 16.2 Å². The van der Waals surface area contributed by atoms with Crippen LogP contribution in [-0.4, -0.2) is 50.0 Å². The average molecular weight is 383 g/mol. The Morgan fingerprint density at radius 1 is 1.23 bits per heavy atom. The van der Waals surface area contributed by atoms with Crippen LogP contribution in [0.25, 0.3) is 0 Å². The lowest BCUT2D eigenvalue weighted by Crippen LogP contribution is -2.45. The molecule has 0 radical (unpaired) electrons. The molecule has 9 heteroatoms. The summed E-state index contributed by atoms with van der Waals surface area (Å²) in [6.45, 7) is 1.39. The Hall–Kier alpha value is -1.71. The number of methoxy groups -OCH3 is 1. The Kier molecular flexibility index (Phi) is 5.50. The molecule has 0 unspecified atom stereocenters. The highest BCUT2D eigenvalue weighted by atomic mass is 32.2. The van der Waals surface area contributed by atoms with Gasteiger partial charge < -0.3 is 10.1 Å². The van der Waals surface area contributed by atoms with E-state index in [1.165, 1.54) is 16.4 Å². The predicted molar refractivity (Wildman–Crippen MR) is 97.8 cm³/mol. The molecule has 0 aromatic heterocycles. The average Bonchev–Trinajstić information content (AvgIpc) is 2.61. The van der Waals surface area contributed by atoms with Crippen molar-refractivity contribution in [3.05, 3.63) is 28.3 Å². The zero-order valence-electron chi connectivity index (χ0n) is 14.9. The molecule has 1 aromatic carbocycles. The highest BCUT2D eigenvalue weighted by Crippen LogP contribution is 2.36. The van der Waals surface area contributed by atoms with Gasteiger partial charge >= 0.3 is 0 Å². The molecule has 1 saturated carbocycles. The van der Waals surface area contributed by atoms with Gasteiger partial charge in [0.1, 0.15) is 5.69 Å². The maximum Gasteiger partial charge on any atom is 0.293 e. The van der Waals surface area contributed by atoms with Crippen molar-refractivity contribution in [2.24, 2.45) is 0 Å². The van der Waals surface area contributed by atoms with E-state index >= 15 is 0 Å². The van der Waals surface area contributed by atoms with Crippen LogP contribution in [0.5, 0.6) is 0 Å². The third-order valence-corrected chi connectivity index (χ3v) is 7.31. The Bertz CT molecular complexity index is 765. The van der Waals surface area contributed by atoms with E-state index in [0.29, 0.717) is 25.3 Å². The number of piperidine rings is 1. The van der Waals surface area contributed by atoms with Crippen molar-refractivity contribution in [1.82, 2.24) is 4.31 Å². The number of nitro benzene ring substituents is 1. The molecule has 0 atom stereocenters. The summed E-state index contributed by atoms with van der Waals surface area (Å²) in [5.74, 6) is 0. The van der Waals surface area contributed by atoms with Gasteiger partial charge in [0.2, 0.25) is 10.0 Å². The third kappa shape index (κ3) is 3.70. The first-order valence-corrected chi connectivity index (χ1v) is 10.4. The van der Waals surface area contributed by atoms with Gasteiger partial charge in [0.25, 0.3) is 5.69 Å². The smallest absolute Gasteiger partial charge is 0.293 e. The second-order valence-corrected chi connectivity index (χ2v) is 8.93.